The van der Waals surface area contributed by atoms with Crippen LogP contribution in [0.25, 0.3) is 0 Å². The van der Waals surface area contributed by atoms with Gasteiger partial charge in [-0.3, -0.25) is 0 Å². The van der Waals surface area contributed by atoms with Gasteiger partial charge in [0.1, 0.15) is 5.75 Å². The zero-order valence-corrected chi connectivity index (χ0v) is 13.7. The number of pyridine rings is 1. The predicted molar refractivity (Wildman–Crippen MR) is 87.2 cm³/mol. The average Bonchev–Trinajstić information content (AvgIpc) is 2.41. The van der Waals surface area contributed by atoms with Crippen LogP contribution in [0.15, 0.2) is 30.5 Å². The quantitative estimate of drug-likeness (QED) is 0.873. The highest BCUT2D eigenvalue weighted by atomic mass is 35.5. The van der Waals surface area contributed by atoms with Crippen molar-refractivity contribution in [1.29, 1.82) is 0 Å². The van der Waals surface area contributed by atoms with E-state index in [1.807, 2.05) is 38.1 Å². The van der Waals surface area contributed by atoms with Gasteiger partial charge in [-0.05, 0) is 43.2 Å². The number of nitrogens with one attached hydrogen (secondary N) is 1. The van der Waals surface area contributed by atoms with E-state index in [0.29, 0.717) is 11.9 Å². The third-order valence-corrected chi connectivity index (χ3v) is 3.39. The van der Waals surface area contributed by atoms with E-state index in [2.05, 4.69) is 24.1 Å². The molecule has 0 fully saturated rings. The monoisotopic (exact) mass is 304 g/mol. The zero-order valence-electron chi connectivity index (χ0n) is 12.9. The van der Waals surface area contributed by atoms with Gasteiger partial charge in [0, 0.05) is 29.4 Å². The van der Waals surface area contributed by atoms with Crippen molar-refractivity contribution in [2.75, 3.05) is 0 Å². The van der Waals surface area contributed by atoms with Crippen LogP contribution in [0.2, 0.25) is 5.02 Å². The molecule has 112 valence electrons. The molecule has 21 heavy (non-hydrogen) atoms. The summed E-state index contributed by atoms with van der Waals surface area (Å²) in [5.41, 5.74) is 3.06. The SMILES string of the molecule is Cc1cc(Cl)cc(C)c1Oc1ncccc1CNC(C)C. The van der Waals surface area contributed by atoms with Crippen molar-refractivity contribution in [3.63, 3.8) is 0 Å². The van der Waals surface area contributed by atoms with Crippen molar-refractivity contribution in [2.45, 2.75) is 40.3 Å². The first-order valence-corrected chi connectivity index (χ1v) is 7.47. The molecule has 0 unspecified atom stereocenters. The van der Waals surface area contributed by atoms with Gasteiger partial charge in [-0.15, -0.1) is 0 Å². The Morgan fingerprint density at radius 2 is 1.90 bits per heavy atom. The lowest BCUT2D eigenvalue weighted by Gasteiger charge is -2.15. The van der Waals surface area contributed by atoms with Crippen LogP contribution in [0, 0.1) is 13.8 Å². The lowest BCUT2D eigenvalue weighted by molar-refractivity contribution is 0.444. The molecule has 1 heterocycles. The molecular weight excluding hydrogens is 284 g/mol. The van der Waals surface area contributed by atoms with Gasteiger partial charge in [0.25, 0.3) is 0 Å². The molecule has 1 aromatic carbocycles. The van der Waals surface area contributed by atoms with E-state index in [0.717, 1.165) is 34.0 Å². The molecule has 0 bridgehead atoms. The van der Waals surface area contributed by atoms with Gasteiger partial charge in [0.15, 0.2) is 0 Å². The van der Waals surface area contributed by atoms with Crippen molar-refractivity contribution < 1.29 is 4.74 Å². The first-order chi connectivity index (χ1) is 9.97. The van der Waals surface area contributed by atoms with Gasteiger partial charge in [0.05, 0.1) is 0 Å². The molecular formula is C17H21ClN2O. The molecule has 0 saturated heterocycles. The Balaban J connectivity index is 2.28. The minimum atomic E-state index is 0.414. The molecule has 0 aliphatic heterocycles. The van der Waals surface area contributed by atoms with Crippen molar-refractivity contribution >= 4 is 11.6 Å². The molecule has 0 aliphatic rings. The van der Waals surface area contributed by atoms with Crippen molar-refractivity contribution in [3.05, 3.63) is 52.2 Å². The minimum absolute atomic E-state index is 0.414. The lowest BCUT2D eigenvalue weighted by Crippen LogP contribution is -2.22. The fraction of sp³-hybridized carbons (Fsp3) is 0.353. The first-order valence-electron chi connectivity index (χ1n) is 7.09. The molecule has 0 atom stereocenters. The van der Waals surface area contributed by atoms with Crippen LogP contribution in [0.3, 0.4) is 0 Å². The third kappa shape index (κ3) is 4.19. The number of hydrogen-bond donors (Lipinski definition) is 1. The molecule has 2 aromatic rings. The van der Waals surface area contributed by atoms with E-state index in [9.17, 15) is 0 Å². The molecule has 0 radical (unpaired) electrons. The van der Waals surface area contributed by atoms with E-state index in [1.54, 1.807) is 6.20 Å². The van der Waals surface area contributed by atoms with E-state index >= 15 is 0 Å². The minimum Gasteiger partial charge on any atom is -0.438 e. The second-order valence-electron chi connectivity index (χ2n) is 5.47. The maximum absolute atomic E-state index is 6.06. The summed E-state index contributed by atoms with van der Waals surface area (Å²) in [6.07, 6.45) is 1.74. The van der Waals surface area contributed by atoms with Crippen LogP contribution >= 0.6 is 11.6 Å². The summed E-state index contributed by atoms with van der Waals surface area (Å²) in [6.45, 7) is 8.94. The highest BCUT2D eigenvalue weighted by molar-refractivity contribution is 6.30. The molecule has 4 heteroatoms. The second-order valence-corrected chi connectivity index (χ2v) is 5.91. The third-order valence-electron chi connectivity index (χ3n) is 3.17. The molecule has 0 aliphatic carbocycles. The summed E-state index contributed by atoms with van der Waals surface area (Å²) in [5, 5.41) is 4.11. The van der Waals surface area contributed by atoms with Crippen LogP contribution in [0.4, 0.5) is 0 Å². The first kappa shape index (κ1) is 15.8. The van der Waals surface area contributed by atoms with Crippen LogP contribution in [0.1, 0.15) is 30.5 Å². The topological polar surface area (TPSA) is 34.1 Å². The van der Waals surface area contributed by atoms with Crippen LogP contribution < -0.4 is 10.1 Å². The number of rotatable bonds is 5. The van der Waals surface area contributed by atoms with Gasteiger partial charge in [-0.25, -0.2) is 4.98 Å². The van der Waals surface area contributed by atoms with Crippen molar-refractivity contribution in [1.82, 2.24) is 10.3 Å². The Morgan fingerprint density at radius 3 is 2.52 bits per heavy atom. The number of benzene rings is 1. The summed E-state index contributed by atoms with van der Waals surface area (Å²) in [5.74, 6) is 1.46. The molecule has 0 saturated carbocycles. The van der Waals surface area contributed by atoms with E-state index in [4.69, 9.17) is 16.3 Å². The Hall–Kier alpha value is -1.58. The van der Waals surface area contributed by atoms with E-state index in [-0.39, 0.29) is 0 Å². The summed E-state index contributed by atoms with van der Waals surface area (Å²) >= 11 is 6.06. The van der Waals surface area contributed by atoms with Gasteiger partial charge in [-0.2, -0.15) is 0 Å². The molecule has 1 aromatic heterocycles. The molecule has 3 nitrogen and oxygen atoms in total. The van der Waals surface area contributed by atoms with E-state index < -0.39 is 0 Å². The highest BCUT2D eigenvalue weighted by Gasteiger charge is 2.11. The van der Waals surface area contributed by atoms with E-state index in [1.165, 1.54) is 0 Å². The van der Waals surface area contributed by atoms with Crippen molar-refractivity contribution in [3.8, 4) is 11.6 Å². The van der Waals surface area contributed by atoms with Crippen LogP contribution in [-0.2, 0) is 6.54 Å². The molecule has 2 rings (SSSR count). The highest BCUT2D eigenvalue weighted by Crippen LogP contribution is 2.31. The molecule has 0 amide bonds. The Kier molecular flexibility index (Phi) is 5.21. The van der Waals surface area contributed by atoms with Gasteiger partial charge in [0.2, 0.25) is 5.88 Å². The van der Waals surface area contributed by atoms with Crippen molar-refractivity contribution in [2.24, 2.45) is 0 Å². The summed E-state index contributed by atoms with van der Waals surface area (Å²) in [6, 6.07) is 8.17. The van der Waals surface area contributed by atoms with Crippen LogP contribution in [-0.4, -0.2) is 11.0 Å². The number of nitrogens with zero attached hydrogens (tertiary/aromatic N) is 1. The number of hydrogen-bond acceptors (Lipinski definition) is 3. The summed E-state index contributed by atoms with van der Waals surface area (Å²) in [4.78, 5) is 4.36. The fourth-order valence-electron chi connectivity index (χ4n) is 2.12. The summed E-state index contributed by atoms with van der Waals surface area (Å²) < 4.78 is 6.05. The number of ether oxygens (including phenoxy) is 1. The maximum atomic E-state index is 6.06. The van der Waals surface area contributed by atoms with Gasteiger partial charge >= 0.3 is 0 Å². The molecule has 0 spiro atoms. The fourth-order valence-corrected chi connectivity index (χ4v) is 2.45. The second kappa shape index (κ2) is 6.92. The summed E-state index contributed by atoms with van der Waals surface area (Å²) in [7, 11) is 0. The normalized spacial score (nSPS) is 11.0. The zero-order chi connectivity index (χ0) is 15.4. The van der Waals surface area contributed by atoms with Crippen LogP contribution in [0.5, 0.6) is 11.6 Å². The predicted octanol–water partition coefficient (Wildman–Crippen LogP) is 4.64. The Morgan fingerprint density at radius 1 is 1.24 bits per heavy atom. The smallest absolute Gasteiger partial charge is 0.223 e. The average molecular weight is 305 g/mol. The van der Waals surface area contributed by atoms with Gasteiger partial charge in [-0.1, -0.05) is 31.5 Å². The maximum Gasteiger partial charge on any atom is 0.223 e. The standard InChI is InChI=1S/C17H21ClN2O/c1-11(2)20-10-14-6-5-7-19-17(14)21-16-12(3)8-15(18)9-13(16)4/h5-9,11,20H,10H2,1-4H3. The lowest BCUT2D eigenvalue weighted by atomic mass is 10.1. The number of halogens is 1. The number of aromatic nitrogens is 1. The Bertz CT molecular complexity index is 603. The molecule has 1 N–H and O–H groups in total. The Labute approximate surface area is 131 Å². The largest absolute Gasteiger partial charge is 0.438 e. The number of aryl methyl sites for hydroxylation is 2. The van der Waals surface area contributed by atoms with Gasteiger partial charge < -0.3 is 10.1 Å².